The van der Waals surface area contributed by atoms with E-state index in [1.165, 1.54) is 44.9 Å². The average Bonchev–Trinajstić information content (AvgIpc) is 3.31. The number of aliphatic hydroxyl groups excluding tert-OH is 3. The summed E-state index contributed by atoms with van der Waals surface area (Å²) in [5, 5.41) is 27.4. The summed E-state index contributed by atoms with van der Waals surface area (Å²) < 4.78 is 33.9. The van der Waals surface area contributed by atoms with E-state index in [1.807, 2.05) is 0 Å². The number of hydrogen-bond donors (Lipinski definition) is 3. The Morgan fingerprint density at radius 1 is 0.811 bits per heavy atom. The molecule has 0 aromatic rings. The van der Waals surface area contributed by atoms with Gasteiger partial charge in [-0.05, 0) is 6.42 Å². The molecule has 1 heterocycles. The van der Waals surface area contributed by atoms with Crippen LogP contribution in [0.1, 0.15) is 77.6 Å². The minimum Gasteiger partial charge on any atom is -0.463 e. The van der Waals surface area contributed by atoms with Crippen LogP contribution in [0, 0.1) is 0 Å². The zero-order valence-corrected chi connectivity index (χ0v) is 22.9. The SMILES string of the molecule is CCCCCCCCCCCCC(=O)OCCOCC(OCCO)C1OCC(OCCO)C1OCCO. The molecular weight excluding hydrogens is 484 g/mol. The Balaban J connectivity index is 2.24. The monoisotopic (exact) mass is 536 g/mol. The number of esters is 1. The first-order chi connectivity index (χ1) is 18.2. The lowest BCUT2D eigenvalue weighted by atomic mass is 10.1. The second kappa shape index (κ2) is 24.2. The molecule has 0 bridgehead atoms. The molecule has 3 N–H and O–H groups in total. The van der Waals surface area contributed by atoms with Crippen LogP contribution in [0.3, 0.4) is 0 Å². The molecule has 37 heavy (non-hydrogen) atoms. The lowest BCUT2D eigenvalue weighted by molar-refractivity contribution is -0.149. The first-order valence-electron chi connectivity index (χ1n) is 14.2. The molecule has 0 amide bonds. The van der Waals surface area contributed by atoms with Crippen LogP contribution in [0.2, 0.25) is 0 Å². The van der Waals surface area contributed by atoms with Crippen molar-refractivity contribution in [2.45, 2.75) is 102 Å². The van der Waals surface area contributed by atoms with Crippen molar-refractivity contribution in [2.24, 2.45) is 0 Å². The van der Waals surface area contributed by atoms with Crippen molar-refractivity contribution in [1.82, 2.24) is 0 Å². The Labute approximate surface area is 222 Å². The smallest absolute Gasteiger partial charge is 0.305 e. The van der Waals surface area contributed by atoms with Gasteiger partial charge in [0.1, 0.15) is 31.0 Å². The molecule has 220 valence electrons. The topological polar surface area (TPSA) is 133 Å². The van der Waals surface area contributed by atoms with E-state index in [2.05, 4.69) is 6.92 Å². The molecule has 0 aromatic carbocycles. The molecular formula is C27H52O10. The van der Waals surface area contributed by atoms with Crippen LogP contribution in [-0.4, -0.2) is 112 Å². The molecule has 1 aliphatic heterocycles. The second-order valence-electron chi connectivity index (χ2n) is 9.35. The highest BCUT2D eigenvalue weighted by Crippen LogP contribution is 2.25. The fourth-order valence-electron chi connectivity index (χ4n) is 4.35. The number of hydrogen-bond acceptors (Lipinski definition) is 10. The van der Waals surface area contributed by atoms with Crippen LogP contribution in [-0.2, 0) is 33.2 Å². The Kier molecular flexibility index (Phi) is 22.4. The van der Waals surface area contributed by atoms with Gasteiger partial charge >= 0.3 is 5.97 Å². The summed E-state index contributed by atoms with van der Waals surface area (Å²) >= 11 is 0. The predicted molar refractivity (Wildman–Crippen MR) is 138 cm³/mol. The third-order valence-electron chi connectivity index (χ3n) is 6.26. The summed E-state index contributed by atoms with van der Waals surface area (Å²) in [5.41, 5.74) is 0. The molecule has 10 nitrogen and oxygen atoms in total. The Morgan fingerprint density at radius 3 is 2.08 bits per heavy atom. The summed E-state index contributed by atoms with van der Waals surface area (Å²) in [6, 6.07) is 0. The summed E-state index contributed by atoms with van der Waals surface area (Å²) in [6.07, 6.45) is 10.6. The Morgan fingerprint density at radius 2 is 1.43 bits per heavy atom. The Hall–Kier alpha value is -0.850. The van der Waals surface area contributed by atoms with Gasteiger partial charge in [0.2, 0.25) is 0 Å². The van der Waals surface area contributed by atoms with Crippen molar-refractivity contribution in [2.75, 3.05) is 66.1 Å². The summed E-state index contributed by atoms with van der Waals surface area (Å²) in [5.74, 6) is -0.211. The van der Waals surface area contributed by atoms with Gasteiger partial charge in [0, 0.05) is 6.42 Å². The highest BCUT2D eigenvalue weighted by molar-refractivity contribution is 5.69. The first-order valence-corrected chi connectivity index (χ1v) is 14.2. The molecule has 0 saturated carbocycles. The van der Waals surface area contributed by atoms with Gasteiger partial charge < -0.3 is 43.7 Å². The number of rotatable bonds is 26. The highest BCUT2D eigenvalue weighted by Gasteiger charge is 2.44. The van der Waals surface area contributed by atoms with Crippen LogP contribution < -0.4 is 0 Å². The second-order valence-corrected chi connectivity index (χ2v) is 9.35. The van der Waals surface area contributed by atoms with Crippen molar-refractivity contribution < 1.29 is 48.5 Å². The van der Waals surface area contributed by atoms with Crippen LogP contribution in [0.25, 0.3) is 0 Å². The van der Waals surface area contributed by atoms with Crippen molar-refractivity contribution in [1.29, 1.82) is 0 Å². The summed E-state index contributed by atoms with van der Waals surface area (Å²) in [6.45, 7) is 2.89. The third-order valence-corrected chi connectivity index (χ3v) is 6.26. The minimum atomic E-state index is -0.555. The molecule has 10 heteroatoms. The largest absolute Gasteiger partial charge is 0.463 e. The number of ether oxygens (including phenoxy) is 6. The van der Waals surface area contributed by atoms with Gasteiger partial charge in [-0.3, -0.25) is 4.79 Å². The molecule has 1 rings (SSSR count). The molecule has 4 atom stereocenters. The van der Waals surface area contributed by atoms with Gasteiger partial charge in [0.15, 0.2) is 0 Å². The van der Waals surface area contributed by atoms with Crippen LogP contribution in [0.5, 0.6) is 0 Å². The zero-order chi connectivity index (χ0) is 27.0. The molecule has 1 saturated heterocycles. The molecule has 1 aliphatic rings. The van der Waals surface area contributed by atoms with E-state index in [0.717, 1.165) is 19.3 Å². The zero-order valence-electron chi connectivity index (χ0n) is 22.9. The molecule has 0 aliphatic carbocycles. The van der Waals surface area contributed by atoms with Gasteiger partial charge in [-0.1, -0.05) is 64.7 Å². The van der Waals surface area contributed by atoms with E-state index in [0.29, 0.717) is 6.42 Å². The maximum absolute atomic E-state index is 12.0. The van der Waals surface area contributed by atoms with Gasteiger partial charge in [0.25, 0.3) is 0 Å². The lowest BCUT2D eigenvalue weighted by Gasteiger charge is -2.29. The number of carbonyl (C=O) groups excluding carboxylic acids is 1. The third kappa shape index (κ3) is 16.7. The normalized spacial score (nSPS) is 20.4. The minimum absolute atomic E-state index is 0.0939. The number of aliphatic hydroxyl groups is 3. The fourth-order valence-corrected chi connectivity index (χ4v) is 4.35. The van der Waals surface area contributed by atoms with Gasteiger partial charge in [-0.15, -0.1) is 0 Å². The standard InChI is InChI=1S/C27H52O10/c1-2-3-4-5-6-7-8-9-10-11-12-25(31)35-20-19-32-21-23(33-16-13-28)27-26(36-18-15-30)24(22-37-27)34-17-14-29/h23-24,26-30H,2-22H2,1H3. The van der Waals surface area contributed by atoms with Gasteiger partial charge in [-0.2, -0.15) is 0 Å². The van der Waals surface area contributed by atoms with Crippen LogP contribution in [0.15, 0.2) is 0 Å². The summed E-state index contributed by atoms with van der Waals surface area (Å²) in [4.78, 5) is 12.0. The molecule has 0 spiro atoms. The fraction of sp³-hybridized carbons (Fsp3) is 0.963. The van der Waals surface area contributed by atoms with E-state index in [-0.39, 0.29) is 72.0 Å². The van der Waals surface area contributed by atoms with E-state index >= 15 is 0 Å². The number of unbranched alkanes of at least 4 members (excludes halogenated alkanes) is 9. The quantitative estimate of drug-likeness (QED) is 0.112. The molecule has 0 aromatic heterocycles. The van der Waals surface area contributed by atoms with E-state index in [4.69, 9.17) is 38.6 Å². The average molecular weight is 537 g/mol. The number of carbonyl (C=O) groups is 1. The van der Waals surface area contributed by atoms with E-state index in [9.17, 15) is 9.90 Å². The van der Waals surface area contributed by atoms with Gasteiger partial charge in [0.05, 0.1) is 59.5 Å². The highest BCUT2D eigenvalue weighted by atomic mass is 16.6. The van der Waals surface area contributed by atoms with Crippen molar-refractivity contribution >= 4 is 5.97 Å². The molecule has 0 radical (unpaired) electrons. The van der Waals surface area contributed by atoms with Crippen LogP contribution in [0.4, 0.5) is 0 Å². The van der Waals surface area contributed by atoms with Gasteiger partial charge in [-0.25, -0.2) is 0 Å². The van der Waals surface area contributed by atoms with Crippen molar-refractivity contribution in [3.05, 3.63) is 0 Å². The summed E-state index contributed by atoms with van der Waals surface area (Å²) in [7, 11) is 0. The first kappa shape index (κ1) is 34.2. The van der Waals surface area contributed by atoms with Crippen LogP contribution >= 0.6 is 0 Å². The van der Waals surface area contributed by atoms with Crippen molar-refractivity contribution in [3.63, 3.8) is 0 Å². The predicted octanol–water partition coefficient (Wildman–Crippen LogP) is 2.39. The van der Waals surface area contributed by atoms with Crippen molar-refractivity contribution in [3.8, 4) is 0 Å². The van der Waals surface area contributed by atoms with E-state index < -0.39 is 24.4 Å². The molecule has 1 fully saturated rings. The maximum Gasteiger partial charge on any atom is 0.305 e. The maximum atomic E-state index is 12.0. The molecule has 4 unspecified atom stereocenters. The lowest BCUT2D eigenvalue weighted by Crippen LogP contribution is -2.45. The van der Waals surface area contributed by atoms with E-state index in [1.54, 1.807) is 0 Å². The Bertz CT molecular complexity index is 521.